The molecule has 0 saturated carbocycles. The van der Waals surface area contributed by atoms with Crippen molar-refractivity contribution in [1.29, 1.82) is 0 Å². The summed E-state index contributed by atoms with van der Waals surface area (Å²) in [4.78, 5) is 7.92. The van der Waals surface area contributed by atoms with Gasteiger partial charge in [-0.1, -0.05) is 48.5 Å². The number of rotatable bonds is 0. The van der Waals surface area contributed by atoms with Crippen molar-refractivity contribution in [2.24, 2.45) is 0 Å². The zero-order valence-electron chi connectivity index (χ0n) is 21.6. The molecule has 4 heteroatoms. The van der Waals surface area contributed by atoms with Gasteiger partial charge in [0.1, 0.15) is 5.75 Å². The Morgan fingerprint density at radius 2 is 1.86 bits per heavy atom. The van der Waals surface area contributed by atoms with E-state index in [1.807, 2.05) is 0 Å². The summed E-state index contributed by atoms with van der Waals surface area (Å²) >= 11 is 0. The number of ether oxygens (including phenoxy) is 1. The Labute approximate surface area is 216 Å². The minimum atomic E-state index is -0.882. The third kappa shape index (κ3) is 2.17. The highest BCUT2D eigenvalue weighted by Gasteiger charge is 2.72. The van der Waals surface area contributed by atoms with E-state index in [4.69, 9.17) is 9.72 Å². The van der Waals surface area contributed by atoms with Gasteiger partial charge in [-0.25, -0.2) is 4.98 Å². The van der Waals surface area contributed by atoms with Gasteiger partial charge in [0.05, 0.1) is 22.2 Å². The summed E-state index contributed by atoms with van der Waals surface area (Å²) in [6, 6.07) is 17.9. The predicted octanol–water partition coefficient (Wildman–Crippen LogP) is 5.34. The van der Waals surface area contributed by atoms with Crippen LogP contribution in [0.4, 0.5) is 0 Å². The number of fused-ring (bicyclic) bond motifs is 7. The fourth-order valence-electron chi connectivity index (χ4n) is 8.95. The molecule has 4 aromatic rings. The summed E-state index contributed by atoms with van der Waals surface area (Å²) in [5.41, 5.74) is 12.4. The van der Waals surface area contributed by atoms with Crippen LogP contribution in [-0.2, 0) is 24.7 Å². The normalized spacial score (nSPS) is 29.9. The molecule has 1 saturated heterocycles. The van der Waals surface area contributed by atoms with Crippen LogP contribution in [0.15, 0.2) is 48.5 Å². The Bertz CT molecular complexity index is 1720. The van der Waals surface area contributed by atoms with Crippen LogP contribution in [0.3, 0.4) is 0 Å². The number of likely N-dealkylation sites (N-methyl/N-ethyl adjacent to an activating group) is 1. The number of hydrogen-bond acceptors (Lipinski definition) is 4. The van der Waals surface area contributed by atoms with Crippen molar-refractivity contribution < 1.29 is 9.84 Å². The number of aryl methyl sites for hydroxylation is 2. The summed E-state index contributed by atoms with van der Waals surface area (Å²) in [6.07, 6.45) is 3.09. The first-order valence-corrected chi connectivity index (χ1v) is 13.7. The number of aromatic nitrogens is 1. The smallest absolute Gasteiger partial charge is 0.153 e. The van der Waals surface area contributed by atoms with Crippen molar-refractivity contribution in [2.75, 3.05) is 13.6 Å². The lowest BCUT2D eigenvalue weighted by molar-refractivity contribution is -0.168. The van der Waals surface area contributed by atoms with Crippen LogP contribution in [0.1, 0.15) is 57.2 Å². The maximum atomic E-state index is 12.9. The SMILES string of the molecule is Cc1ccc2c3c1O[C@H]1c4nc5c6c(ccc5c(C)c4C[C@@]4(O)[C@H](C2)N(C)CC[C@]314)Cc1ccccc1-6. The van der Waals surface area contributed by atoms with Gasteiger partial charge in [0.15, 0.2) is 6.10 Å². The van der Waals surface area contributed by atoms with Gasteiger partial charge in [0.25, 0.3) is 0 Å². The van der Waals surface area contributed by atoms with E-state index in [1.54, 1.807) is 0 Å². The average Bonchev–Trinajstić information content (AvgIpc) is 3.45. The molecule has 2 bridgehead atoms. The van der Waals surface area contributed by atoms with Gasteiger partial charge in [0, 0.05) is 29.0 Å². The molecule has 1 spiro atoms. The molecule has 2 aliphatic heterocycles. The van der Waals surface area contributed by atoms with E-state index < -0.39 is 11.0 Å². The number of pyridine rings is 1. The van der Waals surface area contributed by atoms with E-state index in [-0.39, 0.29) is 12.1 Å². The standard InChI is InChI=1S/C33H30N2O2/c1-17-8-9-21-15-25-33(36)16-24-18(2)22-11-10-20-14-19-6-4-5-7-23(19)26(20)28(22)34-29(24)31-32(33,12-13-35(25)3)27(21)30(17)37-31/h4-11,25,31,36H,12-16H2,1-3H3/t25-,31-,32-,33+/m0/s1. The number of nitrogens with zero attached hydrogens (tertiary/aromatic N) is 2. The number of likely N-dealkylation sites (tertiary alicyclic amines) is 1. The zero-order valence-corrected chi connectivity index (χ0v) is 21.6. The van der Waals surface area contributed by atoms with Crippen molar-refractivity contribution in [2.45, 2.75) is 62.7 Å². The molecular formula is C33H30N2O2. The average molecular weight is 487 g/mol. The van der Waals surface area contributed by atoms with Gasteiger partial charge in [-0.3, -0.25) is 0 Å². The van der Waals surface area contributed by atoms with Crippen molar-refractivity contribution in [3.8, 4) is 16.9 Å². The minimum absolute atomic E-state index is 0.0728. The molecule has 0 unspecified atom stereocenters. The predicted molar refractivity (Wildman–Crippen MR) is 144 cm³/mol. The molecule has 1 fully saturated rings. The molecule has 4 atom stereocenters. The summed E-state index contributed by atoms with van der Waals surface area (Å²) in [6.45, 7) is 5.34. The highest BCUT2D eigenvalue weighted by molar-refractivity contribution is 6.00. The molecule has 3 aliphatic carbocycles. The second-order valence-corrected chi connectivity index (χ2v) is 12.2. The number of aliphatic hydroxyl groups is 1. The monoisotopic (exact) mass is 486 g/mol. The van der Waals surface area contributed by atoms with Gasteiger partial charge in [-0.15, -0.1) is 0 Å². The van der Waals surface area contributed by atoms with Crippen molar-refractivity contribution in [1.82, 2.24) is 9.88 Å². The molecular weight excluding hydrogens is 456 g/mol. The molecule has 37 heavy (non-hydrogen) atoms. The van der Waals surface area contributed by atoms with E-state index in [1.165, 1.54) is 49.9 Å². The van der Waals surface area contributed by atoms with E-state index in [0.717, 1.165) is 48.3 Å². The van der Waals surface area contributed by atoms with Gasteiger partial charge >= 0.3 is 0 Å². The fourth-order valence-corrected chi connectivity index (χ4v) is 8.95. The van der Waals surface area contributed by atoms with Gasteiger partial charge in [-0.05, 0) is 85.6 Å². The quantitative estimate of drug-likeness (QED) is 0.321. The Morgan fingerprint density at radius 1 is 1.03 bits per heavy atom. The first kappa shape index (κ1) is 20.8. The van der Waals surface area contributed by atoms with Crippen molar-refractivity contribution >= 4 is 10.9 Å². The lowest BCUT2D eigenvalue weighted by Gasteiger charge is -2.62. The highest BCUT2D eigenvalue weighted by atomic mass is 16.5. The molecule has 5 aliphatic rings. The highest BCUT2D eigenvalue weighted by Crippen LogP contribution is 2.68. The number of benzene rings is 3. The van der Waals surface area contributed by atoms with E-state index >= 15 is 0 Å². The van der Waals surface area contributed by atoms with E-state index in [2.05, 4.69) is 74.3 Å². The number of piperidine rings is 1. The van der Waals surface area contributed by atoms with Gasteiger partial charge in [-0.2, -0.15) is 0 Å². The second-order valence-electron chi connectivity index (χ2n) is 12.2. The Kier molecular flexibility index (Phi) is 3.62. The first-order valence-electron chi connectivity index (χ1n) is 13.7. The van der Waals surface area contributed by atoms with Crippen LogP contribution >= 0.6 is 0 Å². The summed E-state index contributed by atoms with van der Waals surface area (Å²) in [7, 11) is 2.18. The van der Waals surface area contributed by atoms with Crippen LogP contribution in [-0.4, -0.2) is 40.2 Å². The lowest BCUT2D eigenvalue weighted by Crippen LogP contribution is -2.74. The van der Waals surface area contributed by atoms with Crippen molar-refractivity contribution in [3.63, 3.8) is 0 Å². The molecule has 1 aromatic heterocycles. The first-order chi connectivity index (χ1) is 17.9. The van der Waals surface area contributed by atoms with Crippen molar-refractivity contribution in [3.05, 3.63) is 93.2 Å². The van der Waals surface area contributed by atoms with Crippen LogP contribution in [0, 0.1) is 13.8 Å². The third-order valence-corrected chi connectivity index (χ3v) is 10.7. The van der Waals surface area contributed by atoms with E-state index in [0.29, 0.717) is 6.42 Å². The molecule has 184 valence electrons. The Morgan fingerprint density at radius 3 is 2.76 bits per heavy atom. The van der Waals surface area contributed by atoms with Gasteiger partial charge < -0.3 is 14.7 Å². The molecule has 3 heterocycles. The van der Waals surface area contributed by atoms with Crippen LogP contribution in [0.5, 0.6) is 5.75 Å². The van der Waals surface area contributed by atoms with Gasteiger partial charge in [0.2, 0.25) is 0 Å². The summed E-state index contributed by atoms with van der Waals surface area (Å²) in [5, 5.41) is 14.1. The summed E-state index contributed by atoms with van der Waals surface area (Å²) in [5.74, 6) is 1.000. The largest absolute Gasteiger partial charge is 0.482 e. The van der Waals surface area contributed by atoms with E-state index in [9.17, 15) is 5.11 Å². The second kappa shape index (κ2) is 6.43. The maximum Gasteiger partial charge on any atom is 0.153 e. The molecule has 1 N–H and O–H groups in total. The maximum absolute atomic E-state index is 12.9. The topological polar surface area (TPSA) is 45.6 Å². The third-order valence-electron chi connectivity index (χ3n) is 10.7. The van der Waals surface area contributed by atoms with Crippen LogP contribution in [0.2, 0.25) is 0 Å². The molecule has 0 radical (unpaired) electrons. The fraction of sp³-hybridized carbons (Fsp3) is 0.364. The van der Waals surface area contributed by atoms with Crippen LogP contribution < -0.4 is 4.74 Å². The summed E-state index contributed by atoms with van der Waals surface area (Å²) < 4.78 is 6.99. The molecule has 9 rings (SSSR count). The molecule has 3 aromatic carbocycles. The lowest BCUT2D eigenvalue weighted by atomic mass is 9.48. The number of hydrogen-bond donors (Lipinski definition) is 1. The zero-order chi connectivity index (χ0) is 24.8. The Hall–Kier alpha value is -3.21. The molecule has 0 amide bonds. The minimum Gasteiger partial charge on any atom is -0.482 e. The van der Waals surface area contributed by atoms with Crippen LogP contribution in [0.25, 0.3) is 22.0 Å². The molecule has 4 nitrogen and oxygen atoms in total. The Balaban J connectivity index is 1.38.